The zero-order valence-corrected chi connectivity index (χ0v) is 11.5. The van der Waals surface area contributed by atoms with Gasteiger partial charge < -0.3 is 5.11 Å². The van der Waals surface area contributed by atoms with Crippen molar-refractivity contribution in [3.8, 4) is 11.8 Å². The van der Waals surface area contributed by atoms with Crippen molar-refractivity contribution in [2.24, 2.45) is 0 Å². The number of benzene rings is 1. The van der Waals surface area contributed by atoms with E-state index < -0.39 is 0 Å². The van der Waals surface area contributed by atoms with Gasteiger partial charge in [0.05, 0.1) is 5.69 Å². The van der Waals surface area contributed by atoms with E-state index in [2.05, 4.69) is 11.8 Å². The summed E-state index contributed by atoms with van der Waals surface area (Å²) in [6.07, 6.45) is 2.31. The van der Waals surface area contributed by atoms with Crippen LogP contribution < -0.4 is 4.90 Å². The van der Waals surface area contributed by atoms with Crippen LogP contribution in [0.5, 0.6) is 0 Å². The fraction of sp³-hybridized carbons (Fsp3) is 0.375. The predicted molar refractivity (Wildman–Crippen MR) is 76.1 cm³/mol. The number of aliphatic hydroxyl groups excluding tert-OH is 1. The van der Waals surface area contributed by atoms with E-state index in [1.165, 1.54) is 4.90 Å². The highest BCUT2D eigenvalue weighted by molar-refractivity contribution is 6.15. The minimum absolute atomic E-state index is 0.155. The van der Waals surface area contributed by atoms with Gasteiger partial charge in [-0.3, -0.25) is 14.5 Å². The van der Waals surface area contributed by atoms with Crippen molar-refractivity contribution in [2.45, 2.75) is 32.6 Å². The van der Waals surface area contributed by atoms with E-state index in [1.54, 1.807) is 12.1 Å². The summed E-state index contributed by atoms with van der Waals surface area (Å²) >= 11 is 0. The van der Waals surface area contributed by atoms with E-state index in [0.717, 1.165) is 24.0 Å². The molecule has 1 aromatic carbocycles. The molecule has 1 aliphatic heterocycles. The third kappa shape index (κ3) is 3.06. The second-order valence-electron chi connectivity index (χ2n) is 4.79. The van der Waals surface area contributed by atoms with Crippen molar-refractivity contribution in [2.75, 3.05) is 11.5 Å². The summed E-state index contributed by atoms with van der Waals surface area (Å²) in [7, 11) is 0. The van der Waals surface area contributed by atoms with Crippen molar-refractivity contribution in [1.29, 1.82) is 0 Å². The molecule has 2 amide bonds. The molecule has 0 bridgehead atoms. The molecule has 0 spiro atoms. The van der Waals surface area contributed by atoms with Gasteiger partial charge in [-0.05, 0) is 37.5 Å². The lowest BCUT2D eigenvalue weighted by Gasteiger charge is -2.19. The maximum Gasteiger partial charge on any atom is 0.233 e. The molecule has 1 aromatic rings. The van der Waals surface area contributed by atoms with Crippen LogP contribution in [0.1, 0.15) is 36.8 Å². The summed E-state index contributed by atoms with van der Waals surface area (Å²) in [5.41, 5.74) is 2.24. The number of carbonyl (C=O) groups is 2. The van der Waals surface area contributed by atoms with Crippen molar-refractivity contribution < 1.29 is 14.7 Å². The Morgan fingerprint density at radius 3 is 2.45 bits per heavy atom. The lowest BCUT2D eigenvalue weighted by molar-refractivity contribution is -0.125. The van der Waals surface area contributed by atoms with Crippen molar-refractivity contribution >= 4 is 17.5 Å². The van der Waals surface area contributed by atoms with Crippen LogP contribution in [0.15, 0.2) is 18.2 Å². The number of carbonyl (C=O) groups excluding carboxylic acids is 2. The second kappa shape index (κ2) is 6.36. The van der Waals surface area contributed by atoms with Crippen molar-refractivity contribution in [3.63, 3.8) is 0 Å². The van der Waals surface area contributed by atoms with Gasteiger partial charge in [-0.2, -0.15) is 0 Å². The number of rotatable bonds is 1. The Morgan fingerprint density at radius 1 is 1.20 bits per heavy atom. The van der Waals surface area contributed by atoms with E-state index in [9.17, 15) is 9.59 Å². The molecule has 0 radical (unpaired) electrons. The fourth-order valence-corrected chi connectivity index (χ4v) is 2.22. The van der Waals surface area contributed by atoms with Gasteiger partial charge in [-0.1, -0.05) is 17.9 Å². The Morgan fingerprint density at radius 2 is 1.85 bits per heavy atom. The standard InChI is InChI=1S/C16H17NO3/c1-12-8-9-14(11-13(12)5-4-10-18)17-15(19)6-2-3-7-16(17)20/h8-9,11,18H,2-3,6-7,10H2,1H3. The molecule has 0 atom stereocenters. The summed E-state index contributed by atoms with van der Waals surface area (Å²) in [5.74, 6) is 5.12. The lowest BCUT2D eigenvalue weighted by atomic mass is 10.1. The minimum atomic E-state index is -0.217. The normalized spacial score (nSPS) is 15.6. The molecular weight excluding hydrogens is 254 g/mol. The highest BCUT2D eigenvalue weighted by Crippen LogP contribution is 2.23. The topological polar surface area (TPSA) is 57.6 Å². The van der Waals surface area contributed by atoms with E-state index in [-0.39, 0.29) is 18.4 Å². The van der Waals surface area contributed by atoms with Crippen LogP contribution in [0, 0.1) is 18.8 Å². The molecule has 0 aromatic heterocycles. The maximum absolute atomic E-state index is 12.1. The van der Waals surface area contributed by atoms with Gasteiger partial charge in [0.15, 0.2) is 0 Å². The quantitative estimate of drug-likeness (QED) is 0.625. The SMILES string of the molecule is Cc1ccc(N2C(=O)CCCCC2=O)cc1C#CCO. The first-order valence-corrected chi connectivity index (χ1v) is 6.69. The summed E-state index contributed by atoms with van der Waals surface area (Å²) in [4.78, 5) is 25.4. The van der Waals surface area contributed by atoms with Gasteiger partial charge in [0.1, 0.15) is 6.61 Å². The minimum Gasteiger partial charge on any atom is -0.384 e. The van der Waals surface area contributed by atoms with E-state index >= 15 is 0 Å². The highest BCUT2D eigenvalue weighted by atomic mass is 16.2. The molecule has 0 aliphatic carbocycles. The lowest BCUT2D eigenvalue weighted by Crippen LogP contribution is -2.35. The Hall–Kier alpha value is -2.12. The number of amides is 2. The first-order chi connectivity index (χ1) is 9.63. The van der Waals surface area contributed by atoms with E-state index in [4.69, 9.17) is 5.11 Å². The number of aliphatic hydroxyl groups is 1. The molecule has 0 saturated carbocycles. The third-order valence-corrected chi connectivity index (χ3v) is 3.31. The molecule has 104 valence electrons. The number of imide groups is 1. The number of aryl methyl sites for hydroxylation is 1. The number of anilines is 1. The number of nitrogens with zero attached hydrogens (tertiary/aromatic N) is 1. The average molecular weight is 271 g/mol. The average Bonchev–Trinajstić information content (AvgIpc) is 2.59. The third-order valence-electron chi connectivity index (χ3n) is 3.31. The Balaban J connectivity index is 2.40. The van der Waals surface area contributed by atoms with Gasteiger partial charge in [0.25, 0.3) is 0 Å². The monoisotopic (exact) mass is 271 g/mol. The first kappa shape index (κ1) is 14.3. The molecular formula is C16H17NO3. The predicted octanol–water partition coefficient (Wildman–Crippen LogP) is 1.77. The summed E-state index contributed by atoms with van der Waals surface area (Å²) in [5, 5.41) is 8.77. The highest BCUT2D eigenvalue weighted by Gasteiger charge is 2.25. The van der Waals surface area contributed by atoms with Gasteiger partial charge in [-0.15, -0.1) is 0 Å². The molecule has 4 heteroatoms. The van der Waals surface area contributed by atoms with Crippen LogP contribution >= 0.6 is 0 Å². The van der Waals surface area contributed by atoms with Gasteiger partial charge in [0.2, 0.25) is 11.8 Å². The van der Waals surface area contributed by atoms with Crippen LogP contribution in [-0.2, 0) is 9.59 Å². The van der Waals surface area contributed by atoms with Crippen LogP contribution in [0.3, 0.4) is 0 Å². The molecule has 1 heterocycles. The van der Waals surface area contributed by atoms with Gasteiger partial charge >= 0.3 is 0 Å². The van der Waals surface area contributed by atoms with Crippen molar-refractivity contribution in [3.05, 3.63) is 29.3 Å². The first-order valence-electron chi connectivity index (χ1n) is 6.69. The molecule has 0 unspecified atom stereocenters. The molecule has 20 heavy (non-hydrogen) atoms. The fourth-order valence-electron chi connectivity index (χ4n) is 2.22. The van der Waals surface area contributed by atoms with Crippen LogP contribution in [-0.4, -0.2) is 23.5 Å². The molecule has 1 fully saturated rings. The summed E-state index contributed by atoms with van der Waals surface area (Å²) in [6, 6.07) is 5.34. The van der Waals surface area contributed by atoms with Crippen LogP contribution in [0.25, 0.3) is 0 Å². The summed E-state index contributed by atoms with van der Waals surface area (Å²) in [6.45, 7) is 1.68. The zero-order chi connectivity index (χ0) is 14.5. The molecule has 2 rings (SSSR count). The maximum atomic E-state index is 12.1. The van der Waals surface area contributed by atoms with Gasteiger partial charge in [-0.25, -0.2) is 0 Å². The smallest absolute Gasteiger partial charge is 0.233 e. The van der Waals surface area contributed by atoms with E-state index in [0.29, 0.717) is 18.5 Å². The van der Waals surface area contributed by atoms with Crippen molar-refractivity contribution in [1.82, 2.24) is 0 Å². The molecule has 1 N–H and O–H groups in total. The second-order valence-corrected chi connectivity index (χ2v) is 4.79. The largest absolute Gasteiger partial charge is 0.384 e. The van der Waals surface area contributed by atoms with Crippen LogP contribution in [0.4, 0.5) is 5.69 Å². The number of hydrogen-bond donors (Lipinski definition) is 1. The van der Waals surface area contributed by atoms with Crippen LogP contribution in [0.2, 0.25) is 0 Å². The summed E-state index contributed by atoms with van der Waals surface area (Å²) < 4.78 is 0. The Bertz CT molecular complexity index is 577. The Kier molecular flexibility index (Phi) is 4.54. The zero-order valence-electron chi connectivity index (χ0n) is 11.5. The Labute approximate surface area is 118 Å². The molecule has 4 nitrogen and oxygen atoms in total. The van der Waals surface area contributed by atoms with E-state index in [1.807, 2.05) is 13.0 Å². The number of hydrogen-bond acceptors (Lipinski definition) is 3. The molecule has 1 saturated heterocycles. The van der Waals surface area contributed by atoms with Gasteiger partial charge in [0, 0.05) is 18.4 Å². The molecule has 1 aliphatic rings.